The Balaban J connectivity index is 2.15. The van der Waals surface area contributed by atoms with Gasteiger partial charge in [0.2, 0.25) is 5.91 Å². The fourth-order valence-corrected chi connectivity index (χ4v) is 2.27. The molecule has 1 saturated heterocycles. The summed E-state index contributed by atoms with van der Waals surface area (Å²) in [4.78, 5) is 23.1. The van der Waals surface area contributed by atoms with Crippen LogP contribution >= 0.6 is 11.6 Å². The van der Waals surface area contributed by atoms with Crippen LogP contribution in [0.15, 0.2) is 18.2 Å². The van der Waals surface area contributed by atoms with Crippen LogP contribution in [0.4, 0.5) is 5.69 Å². The van der Waals surface area contributed by atoms with Gasteiger partial charge < -0.3 is 15.7 Å². The van der Waals surface area contributed by atoms with Crippen molar-refractivity contribution in [3.8, 4) is 0 Å². The van der Waals surface area contributed by atoms with Crippen molar-refractivity contribution in [1.82, 2.24) is 5.32 Å². The molecule has 1 aromatic rings. The van der Waals surface area contributed by atoms with E-state index in [2.05, 4.69) is 10.6 Å². The van der Waals surface area contributed by atoms with E-state index in [9.17, 15) is 9.59 Å². The smallest absolute Gasteiger partial charge is 0.337 e. The van der Waals surface area contributed by atoms with Crippen molar-refractivity contribution < 1.29 is 14.7 Å². The Hall–Kier alpha value is -1.59. The fourth-order valence-electron chi connectivity index (χ4n) is 2.10. The topological polar surface area (TPSA) is 78.4 Å². The third-order valence-corrected chi connectivity index (χ3v) is 3.33. The van der Waals surface area contributed by atoms with Gasteiger partial charge in [-0.15, -0.1) is 0 Å². The van der Waals surface area contributed by atoms with Crippen molar-refractivity contribution in [1.29, 1.82) is 0 Å². The van der Waals surface area contributed by atoms with Gasteiger partial charge in [0.25, 0.3) is 0 Å². The van der Waals surface area contributed by atoms with E-state index in [1.165, 1.54) is 18.2 Å². The van der Waals surface area contributed by atoms with Crippen molar-refractivity contribution in [2.24, 2.45) is 0 Å². The molecule has 1 atom stereocenters. The van der Waals surface area contributed by atoms with Gasteiger partial charge in [0.1, 0.15) is 0 Å². The first-order valence-electron chi connectivity index (χ1n) is 6.15. The average molecular weight is 283 g/mol. The Morgan fingerprint density at radius 2 is 2.16 bits per heavy atom. The molecule has 0 saturated carbocycles. The van der Waals surface area contributed by atoms with E-state index in [1.807, 2.05) is 0 Å². The molecule has 0 unspecified atom stereocenters. The summed E-state index contributed by atoms with van der Waals surface area (Å²) in [6.45, 7) is 0.805. The molecule has 1 heterocycles. The molecule has 1 fully saturated rings. The molecule has 19 heavy (non-hydrogen) atoms. The second-order valence-electron chi connectivity index (χ2n) is 4.49. The third-order valence-electron chi connectivity index (χ3n) is 3.10. The van der Waals surface area contributed by atoms with Crippen molar-refractivity contribution in [2.45, 2.75) is 25.3 Å². The first kappa shape index (κ1) is 13.8. The molecule has 1 aromatic carbocycles. The van der Waals surface area contributed by atoms with Crippen molar-refractivity contribution in [3.05, 3.63) is 28.8 Å². The van der Waals surface area contributed by atoms with Crippen molar-refractivity contribution >= 4 is 29.2 Å². The van der Waals surface area contributed by atoms with Crippen LogP contribution in [0.2, 0.25) is 5.02 Å². The Morgan fingerprint density at radius 1 is 1.37 bits per heavy atom. The van der Waals surface area contributed by atoms with E-state index >= 15 is 0 Å². The maximum absolute atomic E-state index is 12.0. The number of rotatable bonds is 3. The maximum Gasteiger partial charge on any atom is 0.337 e. The summed E-state index contributed by atoms with van der Waals surface area (Å²) in [5, 5.41) is 15.2. The van der Waals surface area contributed by atoms with Crippen molar-refractivity contribution in [3.63, 3.8) is 0 Å². The number of hydrogen-bond acceptors (Lipinski definition) is 3. The Bertz CT molecular complexity index is 499. The molecule has 2 rings (SSSR count). The standard InChI is InChI=1S/C13H15ClN2O3/c14-8-4-5-9(13(18)19)11(7-8)16-12(17)10-3-1-2-6-15-10/h4-5,7,10,15H,1-3,6H2,(H,16,17)(H,18,19)/t10-/m0/s1. The molecule has 1 aliphatic heterocycles. The Kier molecular flexibility index (Phi) is 4.39. The number of piperidine rings is 1. The molecule has 0 bridgehead atoms. The van der Waals surface area contributed by atoms with E-state index in [-0.39, 0.29) is 23.2 Å². The molecular weight excluding hydrogens is 268 g/mol. The summed E-state index contributed by atoms with van der Waals surface area (Å²) < 4.78 is 0. The summed E-state index contributed by atoms with van der Waals surface area (Å²) in [6.07, 6.45) is 2.81. The molecule has 102 valence electrons. The van der Waals surface area contributed by atoms with Gasteiger partial charge in [0.05, 0.1) is 17.3 Å². The Morgan fingerprint density at radius 3 is 2.79 bits per heavy atom. The Labute approximate surface area is 116 Å². The number of aromatic carboxylic acids is 1. The van der Waals surface area contributed by atoms with Crippen LogP contribution in [-0.4, -0.2) is 29.6 Å². The molecule has 0 aromatic heterocycles. The second-order valence-corrected chi connectivity index (χ2v) is 4.92. The number of amides is 1. The van der Waals surface area contributed by atoms with E-state index in [4.69, 9.17) is 16.7 Å². The van der Waals surface area contributed by atoms with Gasteiger partial charge in [-0.1, -0.05) is 18.0 Å². The van der Waals surface area contributed by atoms with Gasteiger partial charge in [-0.05, 0) is 37.6 Å². The lowest BCUT2D eigenvalue weighted by Gasteiger charge is -2.22. The highest BCUT2D eigenvalue weighted by Gasteiger charge is 2.22. The SMILES string of the molecule is O=C(O)c1ccc(Cl)cc1NC(=O)[C@@H]1CCCCN1. The van der Waals surface area contributed by atoms with Crippen LogP contribution in [0.25, 0.3) is 0 Å². The summed E-state index contributed by atoms with van der Waals surface area (Å²) in [5.74, 6) is -1.31. The highest BCUT2D eigenvalue weighted by atomic mass is 35.5. The number of anilines is 1. The van der Waals surface area contributed by atoms with Gasteiger partial charge >= 0.3 is 5.97 Å². The lowest BCUT2D eigenvalue weighted by Crippen LogP contribution is -2.43. The molecule has 3 N–H and O–H groups in total. The van der Waals surface area contributed by atoms with E-state index in [0.29, 0.717) is 5.02 Å². The van der Waals surface area contributed by atoms with Crippen LogP contribution in [0.3, 0.4) is 0 Å². The average Bonchev–Trinajstić information content (AvgIpc) is 2.39. The molecule has 1 amide bonds. The van der Waals surface area contributed by atoms with Gasteiger partial charge in [-0.2, -0.15) is 0 Å². The number of nitrogens with one attached hydrogen (secondary N) is 2. The van der Waals surface area contributed by atoms with Crippen LogP contribution in [-0.2, 0) is 4.79 Å². The third kappa shape index (κ3) is 3.45. The minimum Gasteiger partial charge on any atom is -0.478 e. The number of hydrogen-bond donors (Lipinski definition) is 3. The molecule has 0 aliphatic carbocycles. The maximum atomic E-state index is 12.0. The first-order valence-corrected chi connectivity index (χ1v) is 6.53. The molecule has 6 heteroatoms. The highest BCUT2D eigenvalue weighted by Crippen LogP contribution is 2.22. The van der Waals surface area contributed by atoms with Crippen LogP contribution in [0, 0.1) is 0 Å². The number of halogens is 1. The number of benzene rings is 1. The van der Waals surface area contributed by atoms with Crippen LogP contribution in [0.5, 0.6) is 0 Å². The van der Waals surface area contributed by atoms with Gasteiger partial charge in [0.15, 0.2) is 0 Å². The zero-order valence-electron chi connectivity index (χ0n) is 10.3. The largest absolute Gasteiger partial charge is 0.478 e. The zero-order valence-corrected chi connectivity index (χ0v) is 11.0. The number of carbonyl (C=O) groups excluding carboxylic acids is 1. The second kappa shape index (κ2) is 6.04. The van der Waals surface area contributed by atoms with E-state index in [1.54, 1.807) is 0 Å². The molecule has 0 radical (unpaired) electrons. The van der Waals surface area contributed by atoms with Gasteiger partial charge in [-0.25, -0.2) is 4.79 Å². The zero-order chi connectivity index (χ0) is 13.8. The van der Waals surface area contributed by atoms with E-state index < -0.39 is 5.97 Å². The summed E-state index contributed by atoms with van der Waals surface area (Å²) in [6, 6.07) is 4.05. The fraction of sp³-hybridized carbons (Fsp3) is 0.385. The quantitative estimate of drug-likeness (QED) is 0.793. The summed E-state index contributed by atoms with van der Waals surface area (Å²) in [7, 11) is 0. The first-order chi connectivity index (χ1) is 9.08. The number of carbonyl (C=O) groups is 2. The molecule has 0 spiro atoms. The van der Waals surface area contributed by atoms with Crippen LogP contribution in [0.1, 0.15) is 29.6 Å². The molecule has 5 nitrogen and oxygen atoms in total. The highest BCUT2D eigenvalue weighted by molar-refractivity contribution is 6.31. The minimum atomic E-state index is -1.09. The van der Waals surface area contributed by atoms with Gasteiger partial charge in [0, 0.05) is 5.02 Å². The van der Waals surface area contributed by atoms with E-state index in [0.717, 1.165) is 25.8 Å². The normalized spacial score (nSPS) is 18.9. The minimum absolute atomic E-state index is 0.0357. The van der Waals surface area contributed by atoms with Crippen molar-refractivity contribution in [2.75, 3.05) is 11.9 Å². The van der Waals surface area contributed by atoms with Crippen LogP contribution < -0.4 is 10.6 Å². The lowest BCUT2D eigenvalue weighted by atomic mass is 10.0. The number of carboxylic acids is 1. The predicted octanol–water partition coefficient (Wildman–Crippen LogP) is 2.12. The number of carboxylic acid groups (broad SMARTS) is 1. The lowest BCUT2D eigenvalue weighted by molar-refractivity contribution is -0.118. The summed E-state index contributed by atoms with van der Waals surface area (Å²) >= 11 is 5.83. The predicted molar refractivity (Wildman–Crippen MR) is 72.7 cm³/mol. The van der Waals surface area contributed by atoms with Gasteiger partial charge in [-0.3, -0.25) is 4.79 Å². The summed E-state index contributed by atoms with van der Waals surface area (Å²) in [5.41, 5.74) is 0.269. The monoisotopic (exact) mass is 282 g/mol. The molecule has 1 aliphatic rings. The molecular formula is C13H15ClN2O3.